The Labute approximate surface area is 217 Å². The standard InChI is InChI=1S/C28H32N4P2Se/c1-5-17-29-25(9-1)13-21-33(22-14-26-10-2-6-18-30-26)35-34(23-15-27-11-3-7-19-31-27)24-16-28-12-4-8-20-32-28/h1-12,17-20H,13-16,21-24H2. The van der Waals surface area contributed by atoms with Gasteiger partial charge in [-0.05, 0) is 0 Å². The number of aryl methyl sites for hydroxylation is 4. The number of hydrogen-bond donors (Lipinski definition) is 0. The van der Waals surface area contributed by atoms with Crippen molar-refractivity contribution in [3.8, 4) is 0 Å². The summed E-state index contributed by atoms with van der Waals surface area (Å²) >= 11 is 0.651. The SMILES string of the molecule is c1ccc(CCP(CCc2ccccn2)[Se]P(CCc2ccccn2)CCc2ccccn2)nc1. The average Bonchev–Trinajstić information content (AvgIpc) is 2.93. The molecule has 0 radical (unpaired) electrons. The van der Waals surface area contributed by atoms with Gasteiger partial charge in [-0.2, -0.15) is 0 Å². The van der Waals surface area contributed by atoms with E-state index < -0.39 is 0 Å². The molecule has 0 spiro atoms. The van der Waals surface area contributed by atoms with Crippen LogP contribution in [0.2, 0.25) is 0 Å². The summed E-state index contributed by atoms with van der Waals surface area (Å²) in [4.78, 5) is 18.4. The molecule has 0 fully saturated rings. The first-order chi connectivity index (χ1) is 17.3. The first kappa shape index (κ1) is 26.1. The normalized spacial score (nSPS) is 11.3. The summed E-state index contributed by atoms with van der Waals surface area (Å²) in [6.07, 6.45) is 17.1. The zero-order valence-corrected chi connectivity index (χ0v) is 23.5. The summed E-state index contributed by atoms with van der Waals surface area (Å²) in [6, 6.07) is 25.1. The second kappa shape index (κ2) is 15.2. The molecule has 0 atom stereocenters. The summed E-state index contributed by atoms with van der Waals surface area (Å²) in [6.45, 7) is -0.0756. The molecule has 0 aliphatic heterocycles. The van der Waals surface area contributed by atoms with Crippen molar-refractivity contribution in [3.05, 3.63) is 120 Å². The Morgan fingerprint density at radius 1 is 0.429 bits per heavy atom. The summed E-state index contributed by atoms with van der Waals surface area (Å²) in [5.74, 6) is 0. The molecule has 0 bridgehead atoms. The Kier molecular flexibility index (Phi) is 11.3. The molecule has 0 unspecified atom stereocenters. The van der Waals surface area contributed by atoms with Crippen LogP contribution in [0.5, 0.6) is 0 Å². The monoisotopic (exact) mass is 566 g/mol. The fourth-order valence-corrected chi connectivity index (χ4v) is 23.3. The van der Waals surface area contributed by atoms with Gasteiger partial charge in [0.2, 0.25) is 0 Å². The van der Waals surface area contributed by atoms with Gasteiger partial charge in [-0.1, -0.05) is 0 Å². The molecule has 35 heavy (non-hydrogen) atoms. The minimum atomic E-state index is -0.0378. The summed E-state index contributed by atoms with van der Waals surface area (Å²) in [7, 11) is 0. The molecule has 0 aromatic carbocycles. The van der Waals surface area contributed by atoms with Crippen LogP contribution in [-0.2, 0) is 25.7 Å². The Balaban J connectivity index is 1.42. The van der Waals surface area contributed by atoms with Crippen LogP contribution in [0, 0.1) is 0 Å². The average molecular weight is 566 g/mol. The van der Waals surface area contributed by atoms with E-state index in [9.17, 15) is 0 Å². The molecular formula is C28H32N4P2Se. The van der Waals surface area contributed by atoms with E-state index in [0.717, 1.165) is 25.7 Å². The quantitative estimate of drug-likeness (QED) is 0.138. The predicted octanol–water partition coefficient (Wildman–Crippen LogP) is 6.04. The van der Waals surface area contributed by atoms with Crippen LogP contribution in [0.1, 0.15) is 22.8 Å². The van der Waals surface area contributed by atoms with Gasteiger partial charge in [0, 0.05) is 0 Å². The van der Waals surface area contributed by atoms with E-state index in [1.807, 2.05) is 49.1 Å². The molecule has 4 rings (SSSR count). The Morgan fingerprint density at radius 3 is 0.943 bits per heavy atom. The molecule has 0 aliphatic rings. The Hall–Kier alpha value is -2.02. The number of rotatable bonds is 14. The maximum atomic E-state index is 4.59. The maximum absolute atomic E-state index is 4.59. The van der Waals surface area contributed by atoms with Crippen LogP contribution < -0.4 is 0 Å². The third-order valence-electron chi connectivity index (χ3n) is 5.60. The van der Waals surface area contributed by atoms with Crippen LogP contribution in [-0.4, -0.2) is 58.7 Å². The fourth-order valence-electron chi connectivity index (χ4n) is 3.69. The Morgan fingerprint density at radius 2 is 0.714 bits per heavy atom. The van der Waals surface area contributed by atoms with Gasteiger partial charge in [0.15, 0.2) is 0 Å². The topological polar surface area (TPSA) is 51.6 Å². The minimum absolute atomic E-state index is 0.0378. The van der Waals surface area contributed by atoms with Gasteiger partial charge in [-0.3, -0.25) is 0 Å². The number of hydrogen-bond acceptors (Lipinski definition) is 4. The van der Waals surface area contributed by atoms with Crippen LogP contribution in [0.4, 0.5) is 0 Å². The van der Waals surface area contributed by atoms with E-state index in [1.54, 1.807) is 0 Å². The van der Waals surface area contributed by atoms with Crippen molar-refractivity contribution >= 4 is 27.3 Å². The molecule has 0 N–H and O–H groups in total. The molecule has 4 heterocycles. The van der Waals surface area contributed by atoms with Crippen LogP contribution in [0.25, 0.3) is 0 Å². The van der Waals surface area contributed by atoms with Crippen LogP contribution in [0.3, 0.4) is 0 Å². The van der Waals surface area contributed by atoms with Gasteiger partial charge in [0.25, 0.3) is 0 Å². The van der Waals surface area contributed by atoms with E-state index >= 15 is 0 Å². The van der Waals surface area contributed by atoms with Crippen LogP contribution in [0.15, 0.2) is 97.6 Å². The van der Waals surface area contributed by atoms with Crippen molar-refractivity contribution in [2.45, 2.75) is 25.7 Å². The van der Waals surface area contributed by atoms with Crippen molar-refractivity contribution in [2.75, 3.05) is 24.6 Å². The molecule has 0 saturated heterocycles. The van der Waals surface area contributed by atoms with Crippen LogP contribution >= 0.6 is 13.2 Å². The zero-order valence-electron chi connectivity index (χ0n) is 20.0. The van der Waals surface area contributed by atoms with Crippen molar-refractivity contribution in [1.82, 2.24) is 19.9 Å². The third-order valence-corrected chi connectivity index (χ3v) is 23.7. The summed E-state index contributed by atoms with van der Waals surface area (Å²) in [5.41, 5.74) is 4.89. The predicted molar refractivity (Wildman–Crippen MR) is 151 cm³/mol. The van der Waals surface area contributed by atoms with E-state index in [4.69, 9.17) is 0 Å². The first-order valence-corrected chi connectivity index (χ1v) is 20.0. The van der Waals surface area contributed by atoms with Gasteiger partial charge in [0.1, 0.15) is 0 Å². The van der Waals surface area contributed by atoms with E-state index in [0.29, 0.717) is 14.1 Å². The number of nitrogens with zero attached hydrogens (tertiary/aromatic N) is 4. The van der Waals surface area contributed by atoms with Crippen molar-refractivity contribution in [1.29, 1.82) is 0 Å². The summed E-state index contributed by atoms with van der Waals surface area (Å²) < 4.78 is 0. The van der Waals surface area contributed by atoms with E-state index in [1.165, 1.54) is 47.4 Å². The first-order valence-electron chi connectivity index (χ1n) is 12.1. The number of pyridine rings is 4. The van der Waals surface area contributed by atoms with Crippen molar-refractivity contribution < 1.29 is 0 Å². The fraction of sp³-hybridized carbons (Fsp3) is 0.286. The molecule has 0 saturated carbocycles. The summed E-state index contributed by atoms with van der Waals surface area (Å²) in [5, 5.41) is 0. The molecule has 0 amide bonds. The molecule has 7 heteroatoms. The molecule has 180 valence electrons. The zero-order chi connectivity index (χ0) is 24.0. The van der Waals surface area contributed by atoms with Crippen molar-refractivity contribution in [2.24, 2.45) is 0 Å². The van der Waals surface area contributed by atoms with Gasteiger partial charge in [-0.25, -0.2) is 0 Å². The van der Waals surface area contributed by atoms with Gasteiger partial charge >= 0.3 is 218 Å². The molecule has 4 aromatic rings. The molecular weight excluding hydrogens is 533 g/mol. The van der Waals surface area contributed by atoms with E-state index in [-0.39, 0.29) is 13.2 Å². The second-order valence-electron chi connectivity index (χ2n) is 8.22. The number of aromatic nitrogens is 4. The van der Waals surface area contributed by atoms with E-state index in [2.05, 4.69) is 68.5 Å². The van der Waals surface area contributed by atoms with Gasteiger partial charge < -0.3 is 0 Å². The molecule has 4 aromatic heterocycles. The molecule has 4 nitrogen and oxygen atoms in total. The van der Waals surface area contributed by atoms with Gasteiger partial charge in [0.05, 0.1) is 0 Å². The van der Waals surface area contributed by atoms with Crippen molar-refractivity contribution in [3.63, 3.8) is 0 Å². The second-order valence-corrected chi connectivity index (χ2v) is 22.2. The Bertz CT molecular complexity index is 913. The van der Waals surface area contributed by atoms with Gasteiger partial charge in [-0.15, -0.1) is 0 Å². The third kappa shape index (κ3) is 9.86. The molecule has 0 aliphatic carbocycles.